The number of carboxylic acid groups (broad SMARTS) is 2. The smallest absolute Gasteiger partial charge is 0.333 e. The van der Waals surface area contributed by atoms with E-state index in [0.717, 1.165) is 11.8 Å². The molecule has 0 heterocycles. The molecule has 0 aromatic carbocycles. The van der Waals surface area contributed by atoms with Gasteiger partial charge in [0.1, 0.15) is 6.04 Å². The van der Waals surface area contributed by atoms with Gasteiger partial charge in [-0.3, -0.25) is 4.79 Å². The lowest BCUT2D eigenvalue weighted by Gasteiger charge is -2.08. The Morgan fingerprint density at radius 3 is 2.18 bits per heavy atom. The molecule has 100 valence electrons. The van der Waals surface area contributed by atoms with Crippen LogP contribution in [0, 0.1) is 0 Å². The molecule has 0 bridgehead atoms. The van der Waals surface area contributed by atoms with Crippen molar-refractivity contribution in [2.45, 2.75) is 12.1 Å². The van der Waals surface area contributed by atoms with E-state index in [2.05, 4.69) is 0 Å². The van der Waals surface area contributed by atoms with E-state index < -0.39 is 44.8 Å². The lowest BCUT2D eigenvalue weighted by molar-refractivity contribution is -0.145. The van der Waals surface area contributed by atoms with Gasteiger partial charge in [0.15, 0.2) is 15.9 Å². The molecule has 0 amide bonds. The van der Waals surface area contributed by atoms with Crippen LogP contribution in [0.5, 0.6) is 0 Å². The minimum atomic E-state index is -3.76. The Labute approximate surface area is 102 Å². The number of thioether (sulfide) groups is 1. The molecule has 0 rings (SSSR count). The summed E-state index contributed by atoms with van der Waals surface area (Å²) in [5.74, 6) is -3.89. The van der Waals surface area contributed by atoms with Gasteiger partial charge in [-0.2, -0.15) is 0 Å². The van der Waals surface area contributed by atoms with E-state index in [1.165, 1.54) is 0 Å². The molecule has 2 atom stereocenters. The molecule has 0 fully saturated rings. The lowest BCUT2D eigenvalue weighted by Crippen LogP contribution is -2.33. The Balaban J connectivity index is 4.11. The van der Waals surface area contributed by atoms with Crippen molar-refractivity contribution in [3.05, 3.63) is 0 Å². The van der Waals surface area contributed by atoms with Gasteiger partial charge in [0.25, 0.3) is 0 Å². The van der Waals surface area contributed by atoms with Gasteiger partial charge < -0.3 is 21.1 Å². The maximum absolute atomic E-state index is 11.3. The first-order chi connectivity index (χ1) is 7.65. The predicted octanol–water partition coefficient (Wildman–Crippen LogP) is -2.05. The summed E-state index contributed by atoms with van der Waals surface area (Å²) < 4.78 is 22.5. The normalized spacial score (nSPS) is 15.2. The van der Waals surface area contributed by atoms with Crippen molar-refractivity contribution in [1.29, 1.82) is 0 Å². The van der Waals surface area contributed by atoms with Crippen molar-refractivity contribution < 1.29 is 33.3 Å². The highest BCUT2D eigenvalue weighted by molar-refractivity contribution is 8.12. The Bertz CT molecular complexity index is 380. The van der Waals surface area contributed by atoms with Gasteiger partial charge in [0.05, 0.1) is 10.8 Å². The zero-order chi connectivity index (χ0) is 13.6. The maximum Gasteiger partial charge on any atom is 0.333 e. The van der Waals surface area contributed by atoms with E-state index in [4.69, 9.17) is 21.1 Å². The van der Waals surface area contributed by atoms with E-state index in [1.807, 2.05) is 0 Å². The third-order valence-corrected chi connectivity index (χ3v) is 5.10. The fourth-order valence-electron chi connectivity index (χ4n) is 0.733. The maximum atomic E-state index is 11.3. The molecule has 0 radical (unpaired) electrons. The zero-order valence-electron chi connectivity index (χ0n) is 8.64. The number of nitrogens with two attached hydrogens (primary N) is 1. The van der Waals surface area contributed by atoms with E-state index in [0.29, 0.717) is 0 Å². The summed E-state index contributed by atoms with van der Waals surface area (Å²) in [6.45, 7) is 0. The van der Waals surface area contributed by atoms with Crippen molar-refractivity contribution >= 4 is 33.5 Å². The molecule has 0 saturated heterocycles. The first-order valence-corrected chi connectivity index (χ1v) is 7.30. The highest BCUT2D eigenvalue weighted by Gasteiger charge is 2.23. The molecular weight excluding hydrogens is 274 g/mol. The molecule has 0 saturated carbocycles. The standard InChI is InChI=1S/C7H13NO7S2/c8-4(6(10)11)1-16-3-17(14,15)2-5(9)7(12)13/h4-5,9H,1-3,8H2,(H,10,11)(H,12,13)/t4-,5-/m0/s1. The molecular formula is C7H13NO7S2. The van der Waals surface area contributed by atoms with Crippen LogP contribution in [-0.2, 0) is 19.4 Å². The van der Waals surface area contributed by atoms with Crippen LogP contribution in [-0.4, -0.2) is 64.4 Å². The second-order valence-corrected chi connectivity index (χ2v) is 6.70. The number of sulfone groups is 1. The minimum absolute atomic E-state index is 0.113. The van der Waals surface area contributed by atoms with Crippen LogP contribution in [0.4, 0.5) is 0 Å². The number of rotatable bonds is 8. The molecule has 0 aliphatic carbocycles. The largest absolute Gasteiger partial charge is 0.480 e. The summed E-state index contributed by atoms with van der Waals surface area (Å²) in [5.41, 5.74) is 5.14. The molecule has 0 aromatic rings. The third kappa shape index (κ3) is 7.15. The van der Waals surface area contributed by atoms with Crippen molar-refractivity contribution in [2.75, 3.05) is 16.6 Å². The monoisotopic (exact) mass is 287 g/mol. The summed E-state index contributed by atoms with van der Waals surface area (Å²) in [7, 11) is -3.76. The highest BCUT2D eigenvalue weighted by Crippen LogP contribution is 2.08. The van der Waals surface area contributed by atoms with Gasteiger partial charge >= 0.3 is 11.9 Å². The van der Waals surface area contributed by atoms with Crippen molar-refractivity contribution in [3.63, 3.8) is 0 Å². The molecule has 0 aromatic heterocycles. The summed E-state index contributed by atoms with van der Waals surface area (Å²) in [6.07, 6.45) is -1.98. The highest BCUT2D eigenvalue weighted by atomic mass is 32.3. The van der Waals surface area contributed by atoms with Gasteiger partial charge in [0, 0.05) is 5.75 Å². The molecule has 5 N–H and O–H groups in total. The van der Waals surface area contributed by atoms with Crippen molar-refractivity contribution in [1.82, 2.24) is 0 Å². The van der Waals surface area contributed by atoms with Crippen LogP contribution in [0.1, 0.15) is 0 Å². The lowest BCUT2D eigenvalue weighted by atomic mass is 10.4. The Morgan fingerprint density at radius 2 is 1.76 bits per heavy atom. The Kier molecular flexibility index (Phi) is 6.45. The SMILES string of the molecule is N[C@@H](CSCS(=O)(=O)C[C@H](O)C(=O)O)C(=O)O. The van der Waals surface area contributed by atoms with E-state index >= 15 is 0 Å². The van der Waals surface area contributed by atoms with Crippen LogP contribution in [0.25, 0.3) is 0 Å². The summed E-state index contributed by atoms with van der Waals surface area (Å²) in [4.78, 5) is 20.5. The zero-order valence-corrected chi connectivity index (χ0v) is 10.3. The number of hydrogen-bond acceptors (Lipinski definition) is 7. The molecule has 0 aliphatic heterocycles. The summed E-state index contributed by atoms with van der Waals surface area (Å²) >= 11 is 0.752. The van der Waals surface area contributed by atoms with Gasteiger partial charge in [0.2, 0.25) is 0 Å². The minimum Gasteiger partial charge on any atom is -0.480 e. The predicted molar refractivity (Wildman–Crippen MR) is 60.4 cm³/mol. The molecule has 8 nitrogen and oxygen atoms in total. The van der Waals surface area contributed by atoms with E-state index in [1.54, 1.807) is 0 Å². The van der Waals surface area contributed by atoms with Crippen LogP contribution in [0.2, 0.25) is 0 Å². The van der Waals surface area contributed by atoms with Crippen LogP contribution >= 0.6 is 11.8 Å². The van der Waals surface area contributed by atoms with E-state index in [9.17, 15) is 18.0 Å². The number of hydrogen-bond donors (Lipinski definition) is 4. The van der Waals surface area contributed by atoms with E-state index in [-0.39, 0.29) is 5.75 Å². The third-order valence-electron chi connectivity index (χ3n) is 1.57. The molecule has 0 spiro atoms. The Hall–Kier alpha value is -0.840. The number of aliphatic hydroxyl groups excluding tert-OH is 1. The number of aliphatic hydroxyl groups is 1. The van der Waals surface area contributed by atoms with Gasteiger partial charge in [-0.25, -0.2) is 13.2 Å². The first-order valence-electron chi connectivity index (χ1n) is 4.33. The van der Waals surface area contributed by atoms with Crippen molar-refractivity contribution in [2.24, 2.45) is 5.73 Å². The second-order valence-electron chi connectivity index (χ2n) is 3.20. The van der Waals surface area contributed by atoms with Gasteiger partial charge in [-0.15, -0.1) is 11.8 Å². The second kappa shape index (κ2) is 6.79. The fourth-order valence-corrected chi connectivity index (χ4v) is 3.54. The summed E-state index contributed by atoms with van der Waals surface area (Å²) in [6, 6.07) is -1.18. The molecule has 10 heteroatoms. The number of carbonyl (C=O) groups is 2. The molecule has 17 heavy (non-hydrogen) atoms. The fraction of sp³-hybridized carbons (Fsp3) is 0.714. The van der Waals surface area contributed by atoms with Crippen LogP contribution in [0.3, 0.4) is 0 Å². The topological polar surface area (TPSA) is 155 Å². The quantitative estimate of drug-likeness (QED) is 0.394. The number of aliphatic carboxylic acids is 2. The Morgan fingerprint density at radius 1 is 1.24 bits per heavy atom. The van der Waals surface area contributed by atoms with Crippen molar-refractivity contribution in [3.8, 4) is 0 Å². The first kappa shape index (κ1) is 16.2. The number of carboxylic acids is 2. The van der Waals surface area contributed by atoms with Gasteiger partial charge in [-0.05, 0) is 0 Å². The summed E-state index contributed by atoms with van der Waals surface area (Å²) in [5, 5.41) is 25.1. The molecule has 0 aliphatic rings. The average Bonchev–Trinajstić information content (AvgIpc) is 2.15. The average molecular weight is 287 g/mol. The molecule has 0 unspecified atom stereocenters. The van der Waals surface area contributed by atoms with Crippen LogP contribution in [0.15, 0.2) is 0 Å². The van der Waals surface area contributed by atoms with Crippen LogP contribution < -0.4 is 5.73 Å². The van der Waals surface area contributed by atoms with Gasteiger partial charge in [-0.1, -0.05) is 0 Å².